The number of fused-ring (bicyclic) bond motifs is 1. The van der Waals surface area contributed by atoms with Crippen LogP contribution in [-0.2, 0) is 11.3 Å². The summed E-state index contributed by atoms with van der Waals surface area (Å²) >= 11 is 1.51. The van der Waals surface area contributed by atoms with Crippen molar-refractivity contribution in [3.8, 4) is 0 Å². The summed E-state index contributed by atoms with van der Waals surface area (Å²) in [6.07, 6.45) is -4.38. The van der Waals surface area contributed by atoms with Crippen molar-refractivity contribution in [1.82, 2.24) is 14.8 Å². The van der Waals surface area contributed by atoms with Gasteiger partial charge >= 0.3 is 6.18 Å². The third kappa shape index (κ3) is 4.67. The molecule has 120 valence electrons. The van der Waals surface area contributed by atoms with Gasteiger partial charge in [0.1, 0.15) is 11.6 Å². The topological polar surface area (TPSA) is 36.4 Å². The predicted molar refractivity (Wildman–Crippen MR) is 79.6 cm³/mol. The first-order valence-corrected chi connectivity index (χ1v) is 7.40. The number of halogens is 3. The van der Waals surface area contributed by atoms with Gasteiger partial charge in [0.25, 0.3) is 0 Å². The average molecular weight is 331 g/mol. The van der Waals surface area contributed by atoms with Gasteiger partial charge in [0.15, 0.2) is 0 Å². The van der Waals surface area contributed by atoms with Crippen LogP contribution in [0.25, 0.3) is 10.2 Å². The molecule has 0 spiro atoms. The lowest BCUT2D eigenvalue weighted by Gasteiger charge is -2.22. The monoisotopic (exact) mass is 331 g/mol. The summed E-state index contributed by atoms with van der Waals surface area (Å²) in [6, 6.07) is 7.67. The van der Waals surface area contributed by atoms with Crippen molar-refractivity contribution in [3.63, 3.8) is 0 Å². The van der Waals surface area contributed by atoms with E-state index in [1.807, 2.05) is 24.3 Å². The summed E-state index contributed by atoms with van der Waals surface area (Å²) in [5, 5.41) is 0.829. The standard InChI is InChI=1S/C14H16F3N3OS/c1-19(8-13(21)20(2)9-14(15,16)17)7-12-18-10-5-3-4-6-11(10)22-12/h3-6H,7-9H2,1-2H3. The zero-order chi connectivity index (χ0) is 16.3. The molecule has 0 aliphatic rings. The number of carbonyl (C=O) groups excluding carboxylic acids is 1. The normalized spacial score (nSPS) is 12.1. The quantitative estimate of drug-likeness (QED) is 0.845. The number of hydrogen-bond donors (Lipinski definition) is 0. The molecule has 0 saturated carbocycles. The molecule has 1 amide bonds. The highest BCUT2D eigenvalue weighted by Gasteiger charge is 2.31. The van der Waals surface area contributed by atoms with Crippen LogP contribution in [0.2, 0.25) is 0 Å². The van der Waals surface area contributed by atoms with E-state index < -0.39 is 18.6 Å². The van der Waals surface area contributed by atoms with Crippen LogP contribution in [0.3, 0.4) is 0 Å². The van der Waals surface area contributed by atoms with Gasteiger partial charge in [0.2, 0.25) is 5.91 Å². The van der Waals surface area contributed by atoms with Crippen molar-refractivity contribution in [2.75, 3.05) is 27.2 Å². The Bertz CT molecular complexity index is 623. The molecule has 4 nitrogen and oxygen atoms in total. The average Bonchev–Trinajstić information content (AvgIpc) is 2.78. The Morgan fingerprint density at radius 1 is 1.27 bits per heavy atom. The van der Waals surface area contributed by atoms with Crippen molar-refractivity contribution in [3.05, 3.63) is 29.3 Å². The second-order valence-electron chi connectivity index (χ2n) is 5.11. The summed E-state index contributed by atoms with van der Waals surface area (Å²) in [4.78, 5) is 18.5. The maximum Gasteiger partial charge on any atom is 0.406 e. The van der Waals surface area contributed by atoms with Gasteiger partial charge in [0, 0.05) is 7.05 Å². The number of carbonyl (C=O) groups is 1. The van der Waals surface area contributed by atoms with Gasteiger partial charge in [-0.25, -0.2) is 4.98 Å². The number of likely N-dealkylation sites (N-methyl/N-ethyl adjacent to an activating group) is 2. The molecule has 1 aromatic heterocycles. The molecule has 1 aromatic carbocycles. The molecule has 2 aromatic rings. The first-order chi connectivity index (χ1) is 10.2. The molecule has 0 fully saturated rings. The third-order valence-electron chi connectivity index (χ3n) is 2.99. The molecule has 0 unspecified atom stereocenters. The molecule has 22 heavy (non-hydrogen) atoms. The van der Waals surface area contributed by atoms with Gasteiger partial charge in [-0.3, -0.25) is 9.69 Å². The highest BCUT2D eigenvalue weighted by atomic mass is 32.1. The first-order valence-electron chi connectivity index (χ1n) is 6.58. The molecule has 0 atom stereocenters. The molecule has 0 radical (unpaired) electrons. The number of amides is 1. The maximum atomic E-state index is 12.3. The molecule has 2 rings (SSSR count). The van der Waals surface area contributed by atoms with Crippen LogP contribution in [0.4, 0.5) is 13.2 Å². The minimum absolute atomic E-state index is 0.0808. The Balaban J connectivity index is 1.92. The first kappa shape index (κ1) is 16.7. The number of alkyl halides is 3. The van der Waals surface area contributed by atoms with Crippen LogP contribution in [0.15, 0.2) is 24.3 Å². The van der Waals surface area contributed by atoms with Crippen LogP contribution in [-0.4, -0.2) is 54.1 Å². The number of hydrogen-bond acceptors (Lipinski definition) is 4. The van der Waals surface area contributed by atoms with Crippen molar-refractivity contribution < 1.29 is 18.0 Å². The van der Waals surface area contributed by atoms with E-state index >= 15 is 0 Å². The van der Waals surface area contributed by atoms with Crippen LogP contribution in [0, 0.1) is 0 Å². The van der Waals surface area contributed by atoms with Crippen LogP contribution in [0.5, 0.6) is 0 Å². The molecular weight excluding hydrogens is 315 g/mol. The molecule has 0 aliphatic heterocycles. The smallest absolute Gasteiger partial charge is 0.336 e. The number of para-hydroxylation sites is 1. The van der Waals surface area contributed by atoms with Crippen LogP contribution in [0.1, 0.15) is 5.01 Å². The van der Waals surface area contributed by atoms with E-state index in [9.17, 15) is 18.0 Å². The minimum atomic E-state index is -4.38. The van der Waals surface area contributed by atoms with Crippen LogP contribution >= 0.6 is 11.3 Å². The van der Waals surface area contributed by atoms with Gasteiger partial charge in [-0.2, -0.15) is 13.2 Å². The van der Waals surface area contributed by atoms with E-state index in [2.05, 4.69) is 4.98 Å². The van der Waals surface area contributed by atoms with E-state index in [1.54, 1.807) is 11.9 Å². The Morgan fingerprint density at radius 2 is 1.95 bits per heavy atom. The fourth-order valence-electron chi connectivity index (χ4n) is 1.98. The summed E-state index contributed by atoms with van der Waals surface area (Å²) in [5.41, 5.74) is 0.886. The number of nitrogens with zero attached hydrogens (tertiary/aromatic N) is 3. The second kappa shape index (κ2) is 6.62. The van der Waals surface area contributed by atoms with Crippen molar-refractivity contribution in [2.24, 2.45) is 0 Å². The molecule has 0 N–H and O–H groups in total. The second-order valence-corrected chi connectivity index (χ2v) is 6.23. The SMILES string of the molecule is CN(CC(=O)N(C)CC(F)(F)F)Cc1nc2ccccc2s1. The largest absolute Gasteiger partial charge is 0.406 e. The number of benzene rings is 1. The van der Waals surface area contributed by atoms with E-state index in [0.29, 0.717) is 11.4 Å². The Hall–Kier alpha value is -1.67. The lowest BCUT2D eigenvalue weighted by atomic mass is 10.3. The number of rotatable bonds is 5. The maximum absolute atomic E-state index is 12.3. The fourth-order valence-corrected chi connectivity index (χ4v) is 3.03. The van der Waals surface area contributed by atoms with E-state index in [1.165, 1.54) is 11.3 Å². The summed E-state index contributed by atoms with van der Waals surface area (Å²) in [7, 11) is 2.84. The lowest BCUT2D eigenvalue weighted by molar-refractivity contribution is -0.158. The van der Waals surface area contributed by atoms with Crippen molar-refractivity contribution >= 4 is 27.5 Å². The number of thiazole rings is 1. The zero-order valence-electron chi connectivity index (χ0n) is 12.2. The number of aromatic nitrogens is 1. The van der Waals surface area contributed by atoms with Crippen molar-refractivity contribution in [2.45, 2.75) is 12.7 Å². The summed E-state index contributed by atoms with van der Waals surface area (Å²) in [5.74, 6) is -0.569. The molecule has 0 bridgehead atoms. The van der Waals surface area contributed by atoms with E-state index in [4.69, 9.17) is 0 Å². The lowest BCUT2D eigenvalue weighted by Crippen LogP contribution is -2.41. The van der Waals surface area contributed by atoms with E-state index in [-0.39, 0.29) is 6.54 Å². The highest BCUT2D eigenvalue weighted by Crippen LogP contribution is 2.22. The fraction of sp³-hybridized carbons (Fsp3) is 0.429. The Labute approximate surface area is 130 Å². The molecule has 8 heteroatoms. The van der Waals surface area contributed by atoms with Gasteiger partial charge in [0.05, 0.1) is 23.3 Å². The van der Waals surface area contributed by atoms with Gasteiger partial charge in [-0.1, -0.05) is 12.1 Å². The molecule has 0 saturated heterocycles. The van der Waals surface area contributed by atoms with Gasteiger partial charge < -0.3 is 4.90 Å². The molecular formula is C14H16F3N3OS. The van der Waals surface area contributed by atoms with E-state index in [0.717, 1.165) is 22.3 Å². The predicted octanol–water partition coefficient (Wildman–Crippen LogP) is 2.75. The Morgan fingerprint density at radius 3 is 2.59 bits per heavy atom. The minimum Gasteiger partial charge on any atom is -0.336 e. The third-order valence-corrected chi connectivity index (χ3v) is 4.01. The zero-order valence-corrected chi connectivity index (χ0v) is 13.0. The van der Waals surface area contributed by atoms with Crippen molar-refractivity contribution in [1.29, 1.82) is 0 Å². The Kier molecular flexibility index (Phi) is 5.02. The summed E-state index contributed by atoms with van der Waals surface area (Å²) in [6.45, 7) is -0.895. The summed E-state index contributed by atoms with van der Waals surface area (Å²) < 4.78 is 37.8. The molecule has 0 aliphatic carbocycles. The highest BCUT2D eigenvalue weighted by molar-refractivity contribution is 7.18. The molecule has 1 heterocycles. The van der Waals surface area contributed by atoms with Gasteiger partial charge in [-0.05, 0) is 19.2 Å². The van der Waals surface area contributed by atoms with Gasteiger partial charge in [-0.15, -0.1) is 11.3 Å². The van der Waals surface area contributed by atoms with Crippen LogP contribution < -0.4 is 0 Å².